The SMILES string of the molecule is CCCCCCCCCCCCCCCCCCn1c(C=O)c(O)c2ccc(C(F)(F)F)cc21. The molecule has 0 radical (unpaired) electrons. The smallest absolute Gasteiger partial charge is 0.416 e. The Hall–Kier alpha value is -1.98. The number of carbonyl (C=O) groups excluding carboxylic acids is 1. The van der Waals surface area contributed by atoms with Crippen LogP contribution in [0.2, 0.25) is 0 Å². The average Bonchev–Trinajstić information content (AvgIpc) is 3.08. The third kappa shape index (κ3) is 8.99. The number of hydrogen-bond donors (Lipinski definition) is 1. The lowest BCUT2D eigenvalue weighted by Gasteiger charge is -2.10. The number of rotatable bonds is 18. The highest BCUT2D eigenvalue weighted by Gasteiger charge is 2.31. The molecule has 3 nitrogen and oxygen atoms in total. The van der Waals surface area contributed by atoms with Crippen molar-refractivity contribution in [3.05, 3.63) is 29.5 Å². The molecular weight excluding hydrogens is 439 g/mol. The number of aldehydes is 1. The van der Waals surface area contributed by atoms with E-state index in [1.165, 1.54) is 87.7 Å². The number of nitrogens with zero attached hydrogens (tertiary/aromatic N) is 1. The van der Waals surface area contributed by atoms with Crippen molar-refractivity contribution in [2.45, 2.75) is 122 Å². The maximum atomic E-state index is 13.1. The second-order valence-electron chi connectivity index (χ2n) is 9.54. The number of halogens is 3. The summed E-state index contributed by atoms with van der Waals surface area (Å²) in [6, 6.07) is 3.20. The lowest BCUT2D eigenvalue weighted by molar-refractivity contribution is -0.137. The first-order valence-electron chi connectivity index (χ1n) is 13.3. The van der Waals surface area contributed by atoms with E-state index in [0.717, 1.165) is 37.8 Å². The van der Waals surface area contributed by atoms with E-state index in [2.05, 4.69) is 6.92 Å². The number of aromatic hydroxyl groups is 1. The predicted molar refractivity (Wildman–Crippen MR) is 134 cm³/mol. The monoisotopic (exact) mass is 481 g/mol. The van der Waals surface area contributed by atoms with Crippen LogP contribution in [0.5, 0.6) is 5.75 Å². The topological polar surface area (TPSA) is 42.2 Å². The Morgan fingerprint density at radius 2 is 1.26 bits per heavy atom. The Morgan fingerprint density at radius 3 is 1.71 bits per heavy atom. The van der Waals surface area contributed by atoms with E-state index in [-0.39, 0.29) is 22.3 Å². The van der Waals surface area contributed by atoms with Gasteiger partial charge in [0.05, 0.1) is 11.1 Å². The zero-order valence-corrected chi connectivity index (χ0v) is 20.8. The van der Waals surface area contributed by atoms with Crippen LogP contribution in [0.4, 0.5) is 13.2 Å². The molecule has 1 N–H and O–H groups in total. The van der Waals surface area contributed by atoms with E-state index >= 15 is 0 Å². The Labute approximate surface area is 202 Å². The Balaban J connectivity index is 1.62. The highest BCUT2D eigenvalue weighted by Crippen LogP contribution is 2.36. The summed E-state index contributed by atoms with van der Waals surface area (Å²) in [7, 11) is 0. The summed E-state index contributed by atoms with van der Waals surface area (Å²) in [5, 5.41) is 10.5. The van der Waals surface area contributed by atoms with E-state index in [9.17, 15) is 23.1 Å². The van der Waals surface area contributed by atoms with Crippen LogP contribution in [0.15, 0.2) is 18.2 Å². The van der Waals surface area contributed by atoms with Gasteiger partial charge in [-0.1, -0.05) is 103 Å². The van der Waals surface area contributed by atoms with E-state index in [4.69, 9.17) is 0 Å². The number of unbranched alkanes of at least 4 members (excludes halogenated alkanes) is 15. The second kappa shape index (κ2) is 15.1. The lowest BCUT2D eigenvalue weighted by atomic mass is 10.0. The summed E-state index contributed by atoms with van der Waals surface area (Å²) >= 11 is 0. The summed E-state index contributed by atoms with van der Waals surface area (Å²) in [5.74, 6) is -0.241. The third-order valence-electron chi connectivity index (χ3n) is 6.75. The van der Waals surface area contributed by atoms with Crippen LogP contribution in [0, 0.1) is 0 Å². The number of fused-ring (bicyclic) bond motifs is 1. The lowest BCUT2D eigenvalue weighted by Crippen LogP contribution is -2.06. The zero-order chi connectivity index (χ0) is 24.8. The van der Waals surface area contributed by atoms with Crippen LogP contribution < -0.4 is 0 Å². The van der Waals surface area contributed by atoms with Crippen molar-refractivity contribution in [2.75, 3.05) is 0 Å². The summed E-state index contributed by atoms with van der Waals surface area (Å²) in [6.45, 7) is 2.67. The number of alkyl halides is 3. The first-order chi connectivity index (χ1) is 16.4. The number of aromatic nitrogens is 1. The van der Waals surface area contributed by atoms with E-state index in [0.29, 0.717) is 12.8 Å². The molecule has 0 atom stereocenters. The van der Waals surface area contributed by atoms with Crippen LogP contribution in [0.1, 0.15) is 126 Å². The van der Waals surface area contributed by atoms with Crippen molar-refractivity contribution < 1.29 is 23.1 Å². The van der Waals surface area contributed by atoms with E-state index in [1.807, 2.05) is 0 Å². The summed E-state index contributed by atoms with van der Waals surface area (Å²) in [6.07, 6.45) is 16.1. The molecule has 192 valence electrons. The van der Waals surface area contributed by atoms with Gasteiger partial charge in [-0.25, -0.2) is 0 Å². The van der Waals surface area contributed by atoms with Crippen molar-refractivity contribution in [3.8, 4) is 5.75 Å². The predicted octanol–water partition coefficient (Wildman–Crippen LogP) is 9.44. The molecule has 0 aliphatic heterocycles. The quantitative estimate of drug-likeness (QED) is 0.170. The normalized spacial score (nSPS) is 12.0. The summed E-state index contributed by atoms with van der Waals surface area (Å²) in [4.78, 5) is 11.5. The van der Waals surface area contributed by atoms with Gasteiger partial charge >= 0.3 is 6.18 Å². The molecule has 2 aromatic rings. The van der Waals surface area contributed by atoms with Crippen molar-refractivity contribution in [1.82, 2.24) is 4.57 Å². The molecule has 0 fully saturated rings. The average molecular weight is 482 g/mol. The first kappa shape index (κ1) is 28.3. The largest absolute Gasteiger partial charge is 0.505 e. The van der Waals surface area contributed by atoms with Gasteiger partial charge in [0.15, 0.2) is 12.0 Å². The van der Waals surface area contributed by atoms with Crippen LogP contribution >= 0.6 is 0 Å². The van der Waals surface area contributed by atoms with Gasteiger partial charge in [0, 0.05) is 11.9 Å². The first-order valence-corrected chi connectivity index (χ1v) is 13.3. The highest BCUT2D eigenvalue weighted by molar-refractivity contribution is 5.96. The Kier molecular flexibility index (Phi) is 12.6. The molecule has 0 spiro atoms. The van der Waals surface area contributed by atoms with E-state index < -0.39 is 11.7 Å². The molecule has 0 unspecified atom stereocenters. The molecule has 1 heterocycles. The van der Waals surface area contributed by atoms with Gasteiger partial charge in [0.25, 0.3) is 0 Å². The molecule has 0 amide bonds. The highest BCUT2D eigenvalue weighted by atomic mass is 19.4. The molecule has 1 aromatic carbocycles. The maximum Gasteiger partial charge on any atom is 0.416 e. The molecule has 2 rings (SSSR count). The van der Waals surface area contributed by atoms with Gasteiger partial charge in [0.2, 0.25) is 0 Å². The van der Waals surface area contributed by atoms with Crippen LogP contribution in [0.25, 0.3) is 10.9 Å². The van der Waals surface area contributed by atoms with Crippen molar-refractivity contribution in [3.63, 3.8) is 0 Å². The molecule has 0 saturated heterocycles. The molecule has 0 aliphatic rings. The van der Waals surface area contributed by atoms with Gasteiger partial charge in [-0.15, -0.1) is 0 Å². The van der Waals surface area contributed by atoms with Gasteiger partial charge in [-0.05, 0) is 24.6 Å². The molecule has 0 saturated carbocycles. The van der Waals surface area contributed by atoms with Gasteiger partial charge < -0.3 is 9.67 Å². The van der Waals surface area contributed by atoms with Crippen LogP contribution in [0.3, 0.4) is 0 Å². The molecule has 0 bridgehead atoms. The number of benzene rings is 1. The Morgan fingerprint density at radius 1 is 0.794 bits per heavy atom. The number of hydrogen-bond acceptors (Lipinski definition) is 2. The minimum Gasteiger partial charge on any atom is -0.505 e. The summed E-state index contributed by atoms with van der Waals surface area (Å²) in [5.41, 5.74) is -0.464. The van der Waals surface area contributed by atoms with E-state index in [1.54, 1.807) is 0 Å². The van der Waals surface area contributed by atoms with Gasteiger partial charge in [-0.3, -0.25) is 4.79 Å². The fraction of sp³-hybridized carbons (Fsp3) is 0.679. The van der Waals surface area contributed by atoms with Crippen LogP contribution in [-0.4, -0.2) is 16.0 Å². The molecule has 34 heavy (non-hydrogen) atoms. The standard InChI is InChI=1S/C28H42F3NO2/c1-2-3-4-5-6-7-8-9-10-11-12-13-14-15-16-17-20-32-25-21-23(28(29,30)31)18-19-24(25)27(34)26(32)22-33/h18-19,21-22,34H,2-17,20H2,1H3. The van der Waals surface area contributed by atoms with Gasteiger partial charge in [0.1, 0.15) is 5.69 Å². The molecule has 6 heteroatoms. The third-order valence-corrected chi connectivity index (χ3v) is 6.75. The second-order valence-corrected chi connectivity index (χ2v) is 9.54. The molecular formula is C28H42F3NO2. The zero-order valence-electron chi connectivity index (χ0n) is 20.8. The minimum absolute atomic E-state index is 0.0512. The fourth-order valence-electron chi connectivity index (χ4n) is 4.71. The van der Waals surface area contributed by atoms with Crippen molar-refractivity contribution >= 4 is 17.2 Å². The fourth-order valence-corrected chi connectivity index (χ4v) is 4.71. The van der Waals surface area contributed by atoms with Crippen molar-refractivity contribution in [1.29, 1.82) is 0 Å². The number of carbonyl (C=O) groups is 1. The van der Waals surface area contributed by atoms with Crippen molar-refractivity contribution in [2.24, 2.45) is 0 Å². The number of aryl methyl sites for hydroxylation is 1. The minimum atomic E-state index is -4.46. The molecule has 1 aromatic heterocycles. The van der Waals surface area contributed by atoms with Gasteiger partial charge in [-0.2, -0.15) is 13.2 Å². The summed E-state index contributed by atoms with van der Waals surface area (Å²) < 4.78 is 40.8. The van der Waals surface area contributed by atoms with Crippen LogP contribution in [-0.2, 0) is 12.7 Å². The molecule has 0 aliphatic carbocycles. The Bertz CT molecular complexity index is 857. The maximum absolute atomic E-state index is 13.1.